The Bertz CT molecular complexity index is 867. The quantitative estimate of drug-likeness (QED) is 0.557. The fourth-order valence-corrected chi connectivity index (χ4v) is 3.37. The number of amides is 1. The fourth-order valence-electron chi connectivity index (χ4n) is 2.62. The maximum Gasteiger partial charge on any atom is 0.237 e. The molecule has 0 atom stereocenters. The van der Waals surface area contributed by atoms with Crippen molar-refractivity contribution in [1.29, 1.82) is 0 Å². The van der Waals surface area contributed by atoms with E-state index < -0.39 is 0 Å². The van der Waals surface area contributed by atoms with Crippen molar-refractivity contribution in [2.45, 2.75) is 18.6 Å². The van der Waals surface area contributed by atoms with Crippen molar-refractivity contribution >= 4 is 23.4 Å². The van der Waals surface area contributed by atoms with Crippen LogP contribution >= 0.6 is 11.8 Å². The molecule has 1 heterocycles. The van der Waals surface area contributed by atoms with Gasteiger partial charge in [-0.1, -0.05) is 42.1 Å². The van der Waals surface area contributed by atoms with Gasteiger partial charge in [0.25, 0.3) is 0 Å². The second kappa shape index (κ2) is 9.18. The standard InChI is InChI=1S/C19H21N5O2S/c1-3-23(16-7-5-4-6-8-16)18(25)14-27-19-20-21-22-24(19)13-15-9-11-17(26-2)12-10-15/h4-12H,3,13-14H2,1-2H3. The number of para-hydroxylation sites is 1. The first-order valence-electron chi connectivity index (χ1n) is 8.58. The van der Waals surface area contributed by atoms with Crippen LogP contribution in [0, 0.1) is 0 Å². The van der Waals surface area contributed by atoms with Crippen molar-refractivity contribution in [3.8, 4) is 5.75 Å². The van der Waals surface area contributed by atoms with Crippen LogP contribution < -0.4 is 9.64 Å². The Labute approximate surface area is 162 Å². The second-order valence-electron chi connectivity index (χ2n) is 5.73. The van der Waals surface area contributed by atoms with Crippen molar-refractivity contribution in [3.05, 3.63) is 60.2 Å². The van der Waals surface area contributed by atoms with Gasteiger partial charge in [0, 0.05) is 12.2 Å². The number of hydrogen-bond donors (Lipinski definition) is 0. The van der Waals surface area contributed by atoms with Crippen molar-refractivity contribution < 1.29 is 9.53 Å². The van der Waals surface area contributed by atoms with Gasteiger partial charge in [-0.2, -0.15) is 0 Å². The molecule has 0 N–H and O–H groups in total. The highest BCUT2D eigenvalue weighted by Crippen LogP contribution is 2.19. The molecule has 0 aliphatic rings. The molecule has 1 aromatic heterocycles. The number of aromatic nitrogens is 4. The first kappa shape index (κ1) is 18.9. The van der Waals surface area contributed by atoms with E-state index >= 15 is 0 Å². The summed E-state index contributed by atoms with van der Waals surface area (Å²) in [6, 6.07) is 17.4. The van der Waals surface area contributed by atoms with E-state index in [1.54, 1.807) is 16.7 Å². The summed E-state index contributed by atoms with van der Waals surface area (Å²) in [6.07, 6.45) is 0. The normalized spacial score (nSPS) is 10.6. The van der Waals surface area contributed by atoms with Gasteiger partial charge in [0.2, 0.25) is 11.1 Å². The van der Waals surface area contributed by atoms with E-state index in [0.717, 1.165) is 17.0 Å². The Kier molecular flexibility index (Phi) is 6.43. The Morgan fingerprint density at radius 2 is 1.89 bits per heavy atom. The number of anilines is 1. The van der Waals surface area contributed by atoms with Crippen molar-refractivity contribution in [1.82, 2.24) is 20.2 Å². The molecule has 0 spiro atoms. The van der Waals surface area contributed by atoms with Gasteiger partial charge in [0.05, 0.1) is 19.4 Å². The molecular formula is C19H21N5O2S. The van der Waals surface area contributed by atoms with Crippen LogP contribution in [0.3, 0.4) is 0 Å². The fraction of sp³-hybridized carbons (Fsp3) is 0.263. The highest BCUT2D eigenvalue weighted by atomic mass is 32.2. The summed E-state index contributed by atoms with van der Waals surface area (Å²) in [4.78, 5) is 14.4. The van der Waals surface area contributed by atoms with Crippen LogP contribution in [-0.2, 0) is 11.3 Å². The average molecular weight is 383 g/mol. The first-order chi connectivity index (χ1) is 13.2. The Hall–Kier alpha value is -2.87. The number of carbonyl (C=O) groups excluding carboxylic acids is 1. The maximum atomic E-state index is 12.6. The second-order valence-corrected chi connectivity index (χ2v) is 6.67. The molecule has 27 heavy (non-hydrogen) atoms. The highest BCUT2D eigenvalue weighted by Gasteiger charge is 2.16. The lowest BCUT2D eigenvalue weighted by molar-refractivity contribution is -0.116. The molecule has 0 fully saturated rings. The molecule has 0 radical (unpaired) electrons. The van der Waals surface area contributed by atoms with Crippen LogP contribution in [-0.4, -0.2) is 45.5 Å². The zero-order valence-electron chi connectivity index (χ0n) is 15.3. The van der Waals surface area contributed by atoms with Gasteiger partial charge in [-0.15, -0.1) is 5.10 Å². The minimum Gasteiger partial charge on any atom is -0.497 e. The summed E-state index contributed by atoms with van der Waals surface area (Å²) < 4.78 is 6.86. The van der Waals surface area contributed by atoms with Gasteiger partial charge in [-0.05, 0) is 47.2 Å². The van der Waals surface area contributed by atoms with Crippen LogP contribution in [0.15, 0.2) is 59.8 Å². The number of methoxy groups -OCH3 is 1. The zero-order valence-corrected chi connectivity index (χ0v) is 16.1. The zero-order chi connectivity index (χ0) is 19.1. The molecule has 3 rings (SSSR count). The number of carbonyl (C=O) groups is 1. The minimum atomic E-state index is 0.0210. The van der Waals surface area contributed by atoms with Gasteiger partial charge in [-0.25, -0.2) is 4.68 Å². The molecule has 0 aliphatic carbocycles. The number of tetrazole rings is 1. The monoisotopic (exact) mass is 383 g/mol. The Morgan fingerprint density at radius 1 is 1.15 bits per heavy atom. The van der Waals surface area contributed by atoms with Gasteiger partial charge in [0.15, 0.2) is 0 Å². The molecular weight excluding hydrogens is 362 g/mol. The molecule has 2 aromatic carbocycles. The number of hydrogen-bond acceptors (Lipinski definition) is 6. The van der Waals surface area contributed by atoms with Gasteiger partial charge >= 0.3 is 0 Å². The molecule has 0 aliphatic heterocycles. The molecule has 1 amide bonds. The predicted molar refractivity (Wildman–Crippen MR) is 105 cm³/mol. The van der Waals surface area contributed by atoms with Gasteiger partial charge in [-0.3, -0.25) is 4.79 Å². The van der Waals surface area contributed by atoms with E-state index in [1.165, 1.54) is 11.8 Å². The van der Waals surface area contributed by atoms with Crippen molar-refractivity contribution in [2.75, 3.05) is 24.3 Å². The lowest BCUT2D eigenvalue weighted by Crippen LogP contribution is -2.32. The van der Waals surface area contributed by atoms with Crippen molar-refractivity contribution in [3.63, 3.8) is 0 Å². The van der Waals surface area contributed by atoms with E-state index in [0.29, 0.717) is 18.2 Å². The van der Waals surface area contributed by atoms with E-state index in [9.17, 15) is 4.79 Å². The molecule has 7 nitrogen and oxygen atoms in total. The van der Waals surface area contributed by atoms with E-state index in [1.807, 2.05) is 61.5 Å². The van der Waals surface area contributed by atoms with E-state index in [4.69, 9.17) is 4.74 Å². The van der Waals surface area contributed by atoms with Gasteiger partial charge in [0.1, 0.15) is 5.75 Å². The lowest BCUT2D eigenvalue weighted by Gasteiger charge is -2.20. The third-order valence-electron chi connectivity index (χ3n) is 4.00. The largest absolute Gasteiger partial charge is 0.497 e. The van der Waals surface area contributed by atoms with Crippen LogP contribution in [0.25, 0.3) is 0 Å². The third-order valence-corrected chi connectivity index (χ3v) is 4.94. The molecule has 0 bridgehead atoms. The first-order valence-corrected chi connectivity index (χ1v) is 9.57. The van der Waals surface area contributed by atoms with Crippen LogP contribution in [0.5, 0.6) is 5.75 Å². The van der Waals surface area contributed by atoms with Crippen LogP contribution in [0.4, 0.5) is 5.69 Å². The summed E-state index contributed by atoms with van der Waals surface area (Å²) in [7, 11) is 1.64. The summed E-state index contributed by atoms with van der Waals surface area (Å²) >= 11 is 1.34. The molecule has 140 valence electrons. The average Bonchev–Trinajstić information content (AvgIpc) is 3.15. The number of nitrogens with zero attached hydrogens (tertiary/aromatic N) is 5. The van der Waals surface area contributed by atoms with Crippen molar-refractivity contribution in [2.24, 2.45) is 0 Å². The topological polar surface area (TPSA) is 73.1 Å². The lowest BCUT2D eigenvalue weighted by atomic mass is 10.2. The molecule has 3 aromatic rings. The molecule has 0 saturated heterocycles. The van der Waals surface area contributed by atoms with E-state index in [-0.39, 0.29) is 11.7 Å². The van der Waals surface area contributed by atoms with Gasteiger partial charge < -0.3 is 9.64 Å². The number of thioether (sulfide) groups is 1. The number of benzene rings is 2. The summed E-state index contributed by atoms with van der Waals surface area (Å²) in [5, 5.41) is 12.4. The highest BCUT2D eigenvalue weighted by molar-refractivity contribution is 7.99. The number of ether oxygens (including phenoxy) is 1. The SMILES string of the molecule is CCN(C(=O)CSc1nnnn1Cc1ccc(OC)cc1)c1ccccc1. The Morgan fingerprint density at radius 3 is 2.56 bits per heavy atom. The molecule has 0 unspecified atom stereocenters. The number of rotatable bonds is 8. The minimum absolute atomic E-state index is 0.0210. The van der Waals surface area contributed by atoms with E-state index in [2.05, 4.69) is 15.5 Å². The van der Waals surface area contributed by atoms with Crippen LogP contribution in [0.1, 0.15) is 12.5 Å². The summed E-state index contributed by atoms with van der Waals surface area (Å²) in [5.41, 5.74) is 1.94. The molecule has 8 heteroatoms. The maximum absolute atomic E-state index is 12.6. The third kappa shape index (κ3) is 4.85. The predicted octanol–water partition coefficient (Wildman–Crippen LogP) is 2.88. The smallest absolute Gasteiger partial charge is 0.237 e. The van der Waals surface area contributed by atoms with Crippen LogP contribution in [0.2, 0.25) is 0 Å². The molecule has 0 saturated carbocycles. The summed E-state index contributed by atoms with van der Waals surface area (Å²) in [6.45, 7) is 3.10. The Balaban J connectivity index is 1.63. The summed E-state index contributed by atoms with van der Waals surface area (Å²) in [5.74, 6) is 1.09.